The molecule has 4 rings (SSSR count). The van der Waals surface area contributed by atoms with E-state index < -0.39 is 5.91 Å². The van der Waals surface area contributed by atoms with Crippen LogP contribution in [0, 0.1) is 5.92 Å². The fraction of sp³-hybridized carbons (Fsp3) is 0.421. The van der Waals surface area contributed by atoms with Crippen molar-refractivity contribution in [3.05, 3.63) is 39.3 Å². The van der Waals surface area contributed by atoms with Gasteiger partial charge in [-0.1, -0.05) is 29.0 Å². The molecule has 2 heterocycles. The van der Waals surface area contributed by atoms with Gasteiger partial charge in [-0.2, -0.15) is 0 Å². The Morgan fingerprint density at radius 3 is 2.69 bits per heavy atom. The monoisotopic (exact) mass is 433 g/mol. The number of nitrogens with one attached hydrogen (secondary N) is 2. The van der Waals surface area contributed by atoms with E-state index in [9.17, 15) is 14.4 Å². The SMILES string of the molecule is O=C(Nc1cccc(Cl)c1)c1nnc(C(=O)N2CCC[C@@H](C(=O)NC3CC3)C2)s1. The standard InChI is InChI=1S/C19H20ClN5O3S/c20-12-4-1-5-14(9-12)22-16(27)17-23-24-18(29-17)19(28)25-8-2-3-11(10-25)15(26)21-13-6-7-13/h1,4-5,9,11,13H,2-3,6-8,10H2,(H,21,26)(H,22,27)/t11-/m1/s1. The molecular weight excluding hydrogens is 414 g/mol. The highest BCUT2D eigenvalue weighted by atomic mass is 35.5. The van der Waals surface area contributed by atoms with Crippen molar-refractivity contribution in [2.45, 2.75) is 31.7 Å². The fourth-order valence-electron chi connectivity index (χ4n) is 3.21. The molecule has 1 aromatic carbocycles. The van der Waals surface area contributed by atoms with E-state index in [4.69, 9.17) is 11.6 Å². The van der Waals surface area contributed by atoms with Crippen LogP contribution >= 0.6 is 22.9 Å². The summed E-state index contributed by atoms with van der Waals surface area (Å²) >= 11 is 6.85. The number of hydrogen-bond acceptors (Lipinski definition) is 6. The Morgan fingerprint density at radius 1 is 1.14 bits per heavy atom. The van der Waals surface area contributed by atoms with E-state index in [1.165, 1.54) is 0 Å². The topological polar surface area (TPSA) is 104 Å². The summed E-state index contributed by atoms with van der Waals surface area (Å²) in [5.41, 5.74) is 0.533. The van der Waals surface area contributed by atoms with Crippen molar-refractivity contribution in [3.8, 4) is 0 Å². The van der Waals surface area contributed by atoms with Crippen LogP contribution in [0.15, 0.2) is 24.3 Å². The maximum Gasteiger partial charge on any atom is 0.286 e. The number of aromatic nitrogens is 2. The predicted octanol–water partition coefficient (Wildman–Crippen LogP) is 2.57. The average molecular weight is 434 g/mol. The minimum Gasteiger partial charge on any atom is -0.353 e. The van der Waals surface area contributed by atoms with Gasteiger partial charge >= 0.3 is 0 Å². The summed E-state index contributed by atoms with van der Waals surface area (Å²) in [5.74, 6) is -0.937. The van der Waals surface area contributed by atoms with Crippen LogP contribution in [0.25, 0.3) is 0 Å². The number of hydrogen-bond donors (Lipinski definition) is 2. The Morgan fingerprint density at radius 2 is 1.93 bits per heavy atom. The van der Waals surface area contributed by atoms with Crippen molar-refractivity contribution in [1.82, 2.24) is 20.4 Å². The molecule has 2 aromatic rings. The van der Waals surface area contributed by atoms with Gasteiger partial charge in [0.25, 0.3) is 11.8 Å². The number of piperidine rings is 1. The van der Waals surface area contributed by atoms with Crippen LogP contribution in [-0.4, -0.2) is 52.0 Å². The Labute approximate surface area is 176 Å². The van der Waals surface area contributed by atoms with E-state index in [-0.39, 0.29) is 27.7 Å². The number of anilines is 1. The summed E-state index contributed by atoms with van der Waals surface area (Å²) in [6.45, 7) is 0.927. The van der Waals surface area contributed by atoms with Gasteiger partial charge in [-0.15, -0.1) is 10.2 Å². The molecule has 29 heavy (non-hydrogen) atoms. The van der Waals surface area contributed by atoms with Crippen LogP contribution < -0.4 is 10.6 Å². The lowest BCUT2D eigenvalue weighted by molar-refractivity contribution is -0.126. The van der Waals surface area contributed by atoms with Crippen LogP contribution in [0.1, 0.15) is 45.3 Å². The van der Waals surface area contributed by atoms with Crippen molar-refractivity contribution in [2.24, 2.45) is 5.92 Å². The molecule has 1 aliphatic heterocycles. The third kappa shape index (κ3) is 4.91. The zero-order valence-electron chi connectivity index (χ0n) is 15.6. The molecule has 0 bridgehead atoms. The molecule has 8 nitrogen and oxygen atoms in total. The molecule has 1 aliphatic carbocycles. The van der Waals surface area contributed by atoms with Gasteiger partial charge in [0.1, 0.15) is 0 Å². The molecular formula is C19H20ClN5O3S. The van der Waals surface area contributed by atoms with E-state index in [2.05, 4.69) is 20.8 Å². The second-order valence-corrected chi connectivity index (χ2v) is 8.66. The van der Waals surface area contributed by atoms with Gasteiger partial charge in [-0.3, -0.25) is 14.4 Å². The Kier molecular flexibility index (Phi) is 5.77. The quantitative estimate of drug-likeness (QED) is 0.754. The van der Waals surface area contributed by atoms with Crippen molar-refractivity contribution in [1.29, 1.82) is 0 Å². The number of likely N-dealkylation sites (tertiary alicyclic amines) is 1. The number of carbonyl (C=O) groups excluding carboxylic acids is 3. The number of amides is 3. The van der Waals surface area contributed by atoms with Gasteiger partial charge in [-0.25, -0.2) is 0 Å². The third-order valence-electron chi connectivity index (χ3n) is 4.89. The number of halogens is 1. The first-order chi connectivity index (χ1) is 14.0. The fourth-order valence-corrected chi connectivity index (χ4v) is 4.11. The van der Waals surface area contributed by atoms with Gasteiger partial charge in [0.05, 0.1) is 5.92 Å². The molecule has 1 saturated carbocycles. The molecule has 1 aromatic heterocycles. The van der Waals surface area contributed by atoms with E-state index in [0.717, 1.165) is 37.0 Å². The van der Waals surface area contributed by atoms with E-state index >= 15 is 0 Å². The van der Waals surface area contributed by atoms with Crippen LogP contribution in [-0.2, 0) is 4.79 Å². The van der Waals surface area contributed by atoms with Crippen molar-refractivity contribution in [3.63, 3.8) is 0 Å². The third-order valence-corrected chi connectivity index (χ3v) is 6.03. The summed E-state index contributed by atoms with van der Waals surface area (Å²) in [6.07, 6.45) is 3.60. The Bertz CT molecular complexity index is 945. The first-order valence-electron chi connectivity index (χ1n) is 9.49. The maximum atomic E-state index is 12.8. The number of nitrogens with zero attached hydrogens (tertiary/aromatic N) is 3. The molecule has 2 fully saturated rings. The van der Waals surface area contributed by atoms with Crippen LogP contribution in [0.3, 0.4) is 0 Å². The summed E-state index contributed by atoms with van der Waals surface area (Å²) < 4.78 is 0. The molecule has 2 aliphatic rings. The highest BCUT2D eigenvalue weighted by molar-refractivity contribution is 7.15. The largest absolute Gasteiger partial charge is 0.353 e. The van der Waals surface area contributed by atoms with E-state index in [1.54, 1.807) is 29.2 Å². The molecule has 3 amide bonds. The molecule has 10 heteroatoms. The average Bonchev–Trinajstić information content (AvgIpc) is 3.39. The van der Waals surface area contributed by atoms with Crippen LogP contribution in [0.2, 0.25) is 5.02 Å². The Balaban J connectivity index is 1.38. The molecule has 152 valence electrons. The number of rotatable bonds is 5. The normalized spacial score (nSPS) is 18.9. The first kappa shape index (κ1) is 19.8. The van der Waals surface area contributed by atoms with Crippen LogP contribution in [0.4, 0.5) is 5.69 Å². The highest BCUT2D eigenvalue weighted by Crippen LogP contribution is 2.24. The second-order valence-electron chi connectivity index (χ2n) is 7.25. The van der Waals surface area contributed by atoms with Gasteiger partial charge in [0.15, 0.2) is 0 Å². The van der Waals surface area contributed by atoms with Crippen LogP contribution in [0.5, 0.6) is 0 Å². The Hall–Kier alpha value is -2.52. The summed E-state index contributed by atoms with van der Waals surface area (Å²) in [4.78, 5) is 39.1. The number of carbonyl (C=O) groups is 3. The predicted molar refractivity (Wildman–Crippen MR) is 109 cm³/mol. The lowest BCUT2D eigenvalue weighted by atomic mass is 9.97. The second kappa shape index (κ2) is 8.46. The first-order valence-corrected chi connectivity index (χ1v) is 10.7. The van der Waals surface area contributed by atoms with Crippen molar-refractivity contribution < 1.29 is 14.4 Å². The molecule has 1 atom stereocenters. The molecule has 1 saturated heterocycles. The molecule has 0 unspecified atom stereocenters. The van der Waals surface area contributed by atoms with Crippen molar-refractivity contribution >= 4 is 46.3 Å². The summed E-state index contributed by atoms with van der Waals surface area (Å²) in [5, 5.41) is 14.2. The minimum atomic E-state index is -0.454. The van der Waals surface area contributed by atoms with Gasteiger partial charge in [0, 0.05) is 29.8 Å². The van der Waals surface area contributed by atoms with Gasteiger partial charge in [0.2, 0.25) is 15.9 Å². The summed E-state index contributed by atoms with van der Waals surface area (Å²) in [7, 11) is 0. The van der Waals surface area contributed by atoms with Gasteiger partial charge < -0.3 is 15.5 Å². The zero-order valence-corrected chi connectivity index (χ0v) is 17.1. The zero-order chi connectivity index (χ0) is 20.4. The highest BCUT2D eigenvalue weighted by Gasteiger charge is 2.33. The smallest absolute Gasteiger partial charge is 0.286 e. The minimum absolute atomic E-state index is 0.0175. The van der Waals surface area contributed by atoms with Gasteiger partial charge in [-0.05, 0) is 43.9 Å². The van der Waals surface area contributed by atoms with Crippen molar-refractivity contribution in [2.75, 3.05) is 18.4 Å². The summed E-state index contributed by atoms with van der Waals surface area (Å²) in [6, 6.07) is 7.05. The molecule has 0 spiro atoms. The molecule has 2 N–H and O–H groups in total. The van der Waals surface area contributed by atoms with E-state index in [1.807, 2.05) is 0 Å². The number of benzene rings is 1. The lowest BCUT2D eigenvalue weighted by Gasteiger charge is -2.31. The van der Waals surface area contributed by atoms with E-state index in [0.29, 0.717) is 29.8 Å². The lowest BCUT2D eigenvalue weighted by Crippen LogP contribution is -2.45. The maximum absolute atomic E-state index is 12.8. The molecule has 0 radical (unpaired) electrons.